The molecule has 7 heteroatoms. The molecule has 154 valence electrons. The Bertz CT molecular complexity index is 1130. The number of fused-ring (bicyclic) bond motifs is 1. The van der Waals surface area contributed by atoms with E-state index < -0.39 is 0 Å². The molecule has 1 aliphatic rings. The maximum absolute atomic E-state index is 12.9. The maximum atomic E-state index is 12.9. The number of piperidine rings is 1. The number of carbonyl (C=O) groups excluding carboxylic acids is 2. The highest BCUT2D eigenvalue weighted by Gasteiger charge is 2.26. The van der Waals surface area contributed by atoms with Crippen LogP contribution in [0.3, 0.4) is 0 Å². The monoisotopic (exact) mass is 403 g/mol. The highest BCUT2D eigenvalue weighted by atomic mass is 16.2. The molecule has 1 atom stereocenters. The molecule has 3 aromatic rings. The number of pyridine rings is 1. The molecule has 1 saturated heterocycles. The van der Waals surface area contributed by atoms with Crippen LogP contribution in [0.15, 0.2) is 36.5 Å². The summed E-state index contributed by atoms with van der Waals surface area (Å²) in [5.41, 5.74) is 5.37. The van der Waals surface area contributed by atoms with E-state index in [1.54, 1.807) is 24.3 Å². The Morgan fingerprint density at radius 3 is 2.73 bits per heavy atom. The van der Waals surface area contributed by atoms with Crippen molar-refractivity contribution in [1.29, 1.82) is 0 Å². The lowest BCUT2D eigenvalue weighted by Crippen LogP contribution is -2.40. The van der Waals surface area contributed by atoms with Crippen molar-refractivity contribution in [3.05, 3.63) is 53.5 Å². The first-order chi connectivity index (χ1) is 14.4. The van der Waals surface area contributed by atoms with Crippen molar-refractivity contribution in [2.75, 3.05) is 23.3 Å². The number of ketones is 1. The standard InChI is InChI=1S/C23H25N5O2/c1-14-15(2)26-22-21(25-14)11-20(12-24-22)28-9-5-7-18(13-28)23(30)27-19-8-4-6-17(10-19)16(3)29/h4,6,8,10-12,18H,5,7,9,13H2,1-3H3,(H,27,30)/t18-/m0/s1. The molecule has 1 aliphatic heterocycles. The molecule has 1 aromatic carbocycles. The van der Waals surface area contributed by atoms with Crippen LogP contribution in [0.25, 0.3) is 11.2 Å². The van der Waals surface area contributed by atoms with Crippen LogP contribution in [0.4, 0.5) is 11.4 Å². The Kier molecular flexibility index (Phi) is 5.44. The molecule has 0 spiro atoms. The normalized spacial score (nSPS) is 16.5. The van der Waals surface area contributed by atoms with Crippen molar-refractivity contribution in [3.8, 4) is 0 Å². The van der Waals surface area contributed by atoms with Crippen LogP contribution in [0.5, 0.6) is 0 Å². The van der Waals surface area contributed by atoms with Crippen LogP contribution in [0.2, 0.25) is 0 Å². The molecule has 1 fully saturated rings. The zero-order valence-corrected chi connectivity index (χ0v) is 17.5. The van der Waals surface area contributed by atoms with Crippen molar-refractivity contribution >= 4 is 34.2 Å². The predicted octanol–water partition coefficient (Wildman–Crippen LogP) is 3.70. The minimum atomic E-state index is -0.138. The van der Waals surface area contributed by atoms with Crippen molar-refractivity contribution < 1.29 is 9.59 Å². The summed E-state index contributed by atoms with van der Waals surface area (Å²) in [5.74, 6) is -0.186. The molecule has 0 unspecified atom stereocenters. The van der Waals surface area contributed by atoms with E-state index >= 15 is 0 Å². The van der Waals surface area contributed by atoms with Gasteiger partial charge < -0.3 is 10.2 Å². The summed E-state index contributed by atoms with van der Waals surface area (Å²) in [6.07, 6.45) is 3.55. The fourth-order valence-corrected chi connectivity index (χ4v) is 3.76. The molecule has 0 aliphatic carbocycles. The SMILES string of the molecule is CC(=O)c1cccc(NC(=O)[C@H]2CCCN(c3cnc4nc(C)c(C)nc4c3)C2)c1. The second-order valence-corrected chi connectivity index (χ2v) is 7.84. The average Bonchev–Trinajstić information content (AvgIpc) is 2.74. The lowest BCUT2D eigenvalue weighted by atomic mass is 9.96. The summed E-state index contributed by atoms with van der Waals surface area (Å²) < 4.78 is 0. The van der Waals surface area contributed by atoms with Crippen molar-refractivity contribution in [2.45, 2.75) is 33.6 Å². The van der Waals surface area contributed by atoms with E-state index in [2.05, 4.69) is 25.2 Å². The van der Waals surface area contributed by atoms with Gasteiger partial charge in [-0.3, -0.25) is 9.59 Å². The molecular formula is C23H25N5O2. The fraction of sp³-hybridized carbons (Fsp3) is 0.348. The van der Waals surface area contributed by atoms with E-state index in [9.17, 15) is 9.59 Å². The van der Waals surface area contributed by atoms with E-state index in [1.807, 2.05) is 26.1 Å². The molecule has 0 radical (unpaired) electrons. The van der Waals surface area contributed by atoms with Crippen LogP contribution >= 0.6 is 0 Å². The van der Waals surface area contributed by atoms with Crippen LogP contribution < -0.4 is 10.2 Å². The number of aryl methyl sites for hydroxylation is 2. The second kappa shape index (κ2) is 8.18. The lowest BCUT2D eigenvalue weighted by molar-refractivity contribution is -0.120. The Labute approximate surface area is 175 Å². The summed E-state index contributed by atoms with van der Waals surface area (Å²) in [4.78, 5) is 40.2. The van der Waals surface area contributed by atoms with Crippen LogP contribution in [0, 0.1) is 19.8 Å². The Morgan fingerprint density at radius 1 is 1.13 bits per heavy atom. The number of anilines is 2. The van der Waals surface area contributed by atoms with Gasteiger partial charge in [0.05, 0.1) is 29.2 Å². The average molecular weight is 403 g/mol. The maximum Gasteiger partial charge on any atom is 0.229 e. The van der Waals surface area contributed by atoms with Gasteiger partial charge in [0.15, 0.2) is 11.4 Å². The van der Waals surface area contributed by atoms with E-state index in [-0.39, 0.29) is 17.6 Å². The van der Waals surface area contributed by atoms with Gasteiger partial charge in [-0.2, -0.15) is 0 Å². The van der Waals surface area contributed by atoms with E-state index in [1.165, 1.54) is 6.92 Å². The fourth-order valence-electron chi connectivity index (χ4n) is 3.76. The minimum absolute atomic E-state index is 0.0210. The number of hydrogen-bond donors (Lipinski definition) is 1. The molecule has 7 nitrogen and oxygen atoms in total. The molecular weight excluding hydrogens is 378 g/mol. The minimum Gasteiger partial charge on any atom is -0.369 e. The van der Waals surface area contributed by atoms with Gasteiger partial charge in [0.2, 0.25) is 5.91 Å². The van der Waals surface area contributed by atoms with E-state index in [0.717, 1.165) is 42.0 Å². The summed E-state index contributed by atoms with van der Waals surface area (Å²) in [6.45, 7) is 6.87. The lowest BCUT2D eigenvalue weighted by Gasteiger charge is -2.33. The number of benzene rings is 1. The van der Waals surface area contributed by atoms with Gasteiger partial charge in [0.1, 0.15) is 5.52 Å². The largest absolute Gasteiger partial charge is 0.369 e. The third kappa shape index (κ3) is 4.15. The summed E-state index contributed by atoms with van der Waals surface area (Å²) >= 11 is 0. The first kappa shape index (κ1) is 19.9. The van der Waals surface area contributed by atoms with Gasteiger partial charge in [-0.1, -0.05) is 12.1 Å². The molecule has 2 aromatic heterocycles. The molecule has 1 N–H and O–H groups in total. The topological polar surface area (TPSA) is 88.1 Å². The predicted molar refractivity (Wildman–Crippen MR) is 117 cm³/mol. The van der Waals surface area contributed by atoms with Crippen molar-refractivity contribution in [2.24, 2.45) is 5.92 Å². The Hall–Kier alpha value is -3.35. The number of nitrogens with one attached hydrogen (secondary N) is 1. The van der Waals surface area contributed by atoms with Gasteiger partial charge in [-0.15, -0.1) is 0 Å². The molecule has 30 heavy (non-hydrogen) atoms. The van der Waals surface area contributed by atoms with E-state index in [0.29, 0.717) is 23.4 Å². The van der Waals surface area contributed by atoms with E-state index in [4.69, 9.17) is 0 Å². The van der Waals surface area contributed by atoms with Gasteiger partial charge in [0.25, 0.3) is 0 Å². The number of rotatable bonds is 4. The number of aromatic nitrogens is 3. The number of amides is 1. The van der Waals surface area contributed by atoms with Crippen LogP contribution in [-0.4, -0.2) is 39.7 Å². The summed E-state index contributed by atoms with van der Waals surface area (Å²) in [5, 5.41) is 2.97. The van der Waals surface area contributed by atoms with Crippen molar-refractivity contribution in [1.82, 2.24) is 15.0 Å². The molecule has 0 saturated carbocycles. The highest BCUT2D eigenvalue weighted by Crippen LogP contribution is 2.26. The van der Waals surface area contributed by atoms with Crippen molar-refractivity contribution in [3.63, 3.8) is 0 Å². The zero-order chi connectivity index (χ0) is 21.3. The second-order valence-electron chi connectivity index (χ2n) is 7.84. The van der Waals surface area contributed by atoms with Crippen LogP contribution in [0.1, 0.15) is 41.5 Å². The molecule has 1 amide bonds. The smallest absolute Gasteiger partial charge is 0.229 e. The number of nitrogens with zero attached hydrogens (tertiary/aromatic N) is 4. The molecule has 3 heterocycles. The zero-order valence-electron chi connectivity index (χ0n) is 17.5. The Morgan fingerprint density at radius 2 is 1.93 bits per heavy atom. The molecule has 4 rings (SSSR count). The molecule has 0 bridgehead atoms. The highest BCUT2D eigenvalue weighted by molar-refractivity contribution is 5.97. The summed E-state index contributed by atoms with van der Waals surface area (Å²) in [6, 6.07) is 9.06. The first-order valence-corrected chi connectivity index (χ1v) is 10.2. The quantitative estimate of drug-likeness (QED) is 0.668. The Balaban J connectivity index is 1.49. The number of Topliss-reactive ketones (excluding diaryl/α,β-unsaturated/α-hetero) is 1. The number of hydrogen-bond acceptors (Lipinski definition) is 6. The van der Waals surface area contributed by atoms with Gasteiger partial charge in [-0.25, -0.2) is 15.0 Å². The van der Waals surface area contributed by atoms with Gasteiger partial charge in [0, 0.05) is 24.3 Å². The van der Waals surface area contributed by atoms with Crippen LogP contribution in [-0.2, 0) is 4.79 Å². The van der Waals surface area contributed by atoms with Gasteiger partial charge in [-0.05, 0) is 51.8 Å². The summed E-state index contributed by atoms with van der Waals surface area (Å²) in [7, 11) is 0. The third-order valence-electron chi connectivity index (χ3n) is 5.61. The van der Waals surface area contributed by atoms with Gasteiger partial charge >= 0.3 is 0 Å². The third-order valence-corrected chi connectivity index (χ3v) is 5.61. The number of carbonyl (C=O) groups is 2. The first-order valence-electron chi connectivity index (χ1n) is 10.2.